The number of carboxylic acid groups (broad SMARTS) is 1. The van der Waals surface area contributed by atoms with Crippen LogP contribution in [0.1, 0.15) is 10.4 Å². The van der Waals surface area contributed by atoms with Crippen LogP contribution in [-0.4, -0.2) is 22.4 Å². The predicted octanol–water partition coefficient (Wildman–Crippen LogP) is 3.28. The van der Waals surface area contributed by atoms with E-state index in [1.165, 1.54) is 30.6 Å². The van der Waals surface area contributed by atoms with Gasteiger partial charge in [-0.25, -0.2) is 4.79 Å². The standard InChI is InChI=1S/C12H8F3NO3/c13-12(14,15)19-10-4-2-1-3-7(10)8-5-16-6-9(8)11(17)18/h1-6,16H,(H,17,18). The molecule has 0 atom stereocenters. The molecule has 1 aromatic carbocycles. The number of ether oxygens (including phenoxy) is 1. The van der Waals surface area contributed by atoms with Crippen molar-refractivity contribution in [3.05, 3.63) is 42.2 Å². The number of H-pyrrole nitrogens is 1. The molecule has 0 unspecified atom stereocenters. The minimum absolute atomic E-state index is 0.0541. The van der Waals surface area contributed by atoms with Gasteiger partial charge in [0.05, 0.1) is 5.56 Å². The maximum absolute atomic E-state index is 12.3. The highest BCUT2D eigenvalue weighted by molar-refractivity contribution is 5.96. The minimum atomic E-state index is -4.84. The van der Waals surface area contributed by atoms with E-state index in [1.807, 2.05) is 0 Å². The molecule has 0 bridgehead atoms. The summed E-state index contributed by atoms with van der Waals surface area (Å²) < 4.78 is 40.7. The van der Waals surface area contributed by atoms with Gasteiger partial charge in [0.2, 0.25) is 0 Å². The maximum Gasteiger partial charge on any atom is 0.573 e. The number of hydrogen-bond donors (Lipinski definition) is 2. The van der Waals surface area contributed by atoms with Crippen molar-refractivity contribution >= 4 is 5.97 Å². The first-order valence-corrected chi connectivity index (χ1v) is 5.13. The van der Waals surface area contributed by atoms with Gasteiger partial charge in [-0.2, -0.15) is 0 Å². The lowest BCUT2D eigenvalue weighted by Gasteiger charge is -2.12. The zero-order valence-corrected chi connectivity index (χ0v) is 9.36. The molecular weight excluding hydrogens is 263 g/mol. The Kier molecular flexibility index (Phi) is 3.20. The van der Waals surface area contributed by atoms with Crippen LogP contribution in [0.5, 0.6) is 5.75 Å². The molecular formula is C12H8F3NO3. The molecule has 0 saturated heterocycles. The molecule has 2 aromatic rings. The van der Waals surface area contributed by atoms with E-state index in [2.05, 4.69) is 9.72 Å². The lowest BCUT2D eigenvalue weighted by atomic mass is 10.0. The molecule has 0 aliphatic carbocycles. The van der Waals surface area contributed by atoms with Gasteiger partial charge >= 0.3 is 12.3 Å². The number of alkyl halides is 3. The summed E-state index contributed by atoms with van der Waals surface area (Å²) in [6, 6.07) is 5.35. The molecule has 4 nitrogen and oxygen atoms in total. The molecule has 0 saturated carbocycles. The van der Waals surface area contributed by atoms with E-state index < -0.39 is 18.1 Å². The summed E-state index contributed by atoms with van der Waals surface area (Å²) in [6.07, 6.45) is -2.33. The zero-order valence-electron chi connectivity index (χ0n) is 9.36. The smallest absolute Gasteiger partial charge is 0.478 e. The number of aromatic amines is 1. The molecule has 19 heavy (non-hydrogen) atoms. The second kappa shape index (κ2) is 4.68. The van der Waals surface area contributed by atoms with Crippen molar-refractivity contribution in [3.63, 3.8) is 0 Å². The van der Waals surface area contributed by atoms with Crippen LogP contribution in [-0.2, 0) is 0 Å². The highest BCUT2D eigenvalue weighted by atomic mass is 19.4. The van der Waals surface area contributed by atoms with Crippen LogP contribution in [0.4, 0.5) is 13.2 Å². The number of aromatic nitrogens is 1. The third-order valence-electron chi connectivity index (χ3n) is 2.38. The summed E-state index contributed by atoms with van der Waals surface area (Å²) in [5, 5.41) is 8.96. The Balaban J connectivity index is 2.50. The summed E-state index contributed by atoms with van der Waals surface area (Å²) in [5.74, 6) is -1.69. The Morgan fingerprint density at radius 1 is 1.16 bits per heavy atom. The maximum atomic E-state index is 12.3. The topological polar surface area (TPSA) is 62.3 Å². The van der Waals surface area contributed by atoms with Gasteiger partial charge in [0, 0.05) is 23.5 Å². The largest absolute Gasteiger partial charge is 0.573 e. The molecule has 7 heteroatoms. The third-order valence-corrected chi connectivity index (χ3v) is 2.38. The highest BCUT2D eigenvalue weighted by Gasteiger charge is 2.32. The van der Waals surface area contributed by atoms with E-state index in [1.54, 1.807) is 0 Å². The Labute approximate surface area is 105 Å². The van der Waals surface area contributed by atoms with E-state index in [4.69, 9.17) is 5.11 Å². The van der Waals surface area contributed by atoms with Crippen molar-refractivity contribution in [1.82, 2.24) is 4.98 Å². The van der Waals surface area contributed by atoms with Gasteiger partial charge < -0.3 is 14.8 Å². The van der Waals surface area contributed by atoms with Crippen LogP contribution in [0.25, 0.3) is 11.1 Å². The number of carboxylic acids is 1. The van der Waals surface area contributed by atoms with Crippen LogP contribution in [0, 0.1) is 0 Å². The molecule has 0 fully saturated rings. The molecule has 100 valence electrons. The number of benzene rings is 1. The number of carbonyl (C=O) groups is 1. The lowest BCUT2D eigenvalue weighted by Crippen LogP contribution is -2.17. The van der Waals surface area contributed by atoms with Crippen LogP contribution in [0.15, 0.2) is 36.7 Å². The first-order valence-electron chi connectivity index (χ1n) is 5.13. The van der Waals surface area contributed by atoms with Gasteiger partial charge in [-0.3, -0.25) is 0 Å². The number of halogens is 3. The van der Waals surface area contributed by atoms with Gasteiger partial charge in [-0.05, 0) is 6.07 Å². The van der Waals surface area contributed by atoms with E-state index in [-0.39, 0.29) is 16.7 Å². The van der Waals surface area contributed by atoms with Gasteiger partial charge in [0.15, 0.2) is 0 Å². The first-order chi connectivity index (χ1) is 8.88. The summed E-state index contributed by atoms with van der Waals surface area (Å²) in [7, 11) is 0. The van der Waals surface area contributed by atoms with Crippen LogP contribution in [0.2, 0.25) is 0 Å². The molecule has 1 heterocycles. The van der Waals surface area contributed by atoms with Gasteiger partial charge in [0.25, 0.3) is 0 Å². The number of para-hydroxylation sites is 1. The average molecular weight is 271 g/mol. The molecule has 0 aliphatic rings. The Morgan fingerprint density at radius 3 is 2.47 bits per heavy atom. The van der Waals surface area contributed by atoms with E-state index >= 15 is 0 Å². The van der Waals surface area contributed by atoms with Crippen molar-refractivity contribution in [1.29, 1.82) is 0 Å². The minimum Gasteiger partial charge on any atom is -0.478 e. The predicted molar refractivity (Wildman–Crippen MR) is 59.9 cm³/mol. The van der Waals surface area contributed by atoms with Crippen molar-refractivity contribution in [2.75, 3.05) is 0 Å². The van der Waals surface area contributed by atoms with Gasteiger partial charge in [0.1, 0.15) is 5.75 Å². The molecule has 0 radical (unpaired) electrons. The second-order valence-electron chi connectivity index (χ2n) is 3.63. The number of hydrogen-bond acceptors (Lipinski definition) is 2. The monoisotopic (exact) mass is 271 g/mol. The van der Waals surface area contributed by atoms with Crippen molar-refractivity contribution in [3.8, 4) is 16.9 Å². The van der Waals surface area contributed by atoms with Crippen LogP contribution in [0.3, 0.4) is 0 Å². The molecule has 0 aliphatic heterocycles. The van der Waals surface area contributed by atoms with Crippen LogP contribution < -0.4 is 4.74 Å². The quantitative estimate of drug-likeness (QED) is 0.900. The van der Waals surface area contributed by atoms with Gasteiger partial charge in [-0.15, -0.1) is 13.2 Å². The van der Waals surface area contributed by atoms with E-state index in [0.29, 0.717) is 0 Å². The summed E-state index contributed by atoms with van der Waals surface area (Å²) in [4.78, 5) is 13.5. The molecule has 1 aromatic heterocycles. The Morgan fingerprint density at radius 2 is 1.84 bits per heavy atom. The normalized spacial score (nSPS) is 11.3. The highest BCUT2D eigenvalue weighted by Crippen LogP contribution is 2.35. The SMILES string of the molecule is O=C(O)c1c[nH]cc1-c1ccccc1OC(F)(F)F. The van der Waals surface area contributed by atoms with Crippen molar-refractivity contribution in [2.24, 2.45) is 0 Å². The lowest BCUT2D eigenvalue weighted by molar-refractivity contribution is -0.274. The molecule has 0 spiro atoms. The third kappa shape index (κ3) is 2.87. The fourth-order valence-corrected chi connectivity index (χ4v) is 1.67. The number of nitrogens with one attached hydrogen (secondary N) is 1. The van der Waals surface area contributed by atoms with Crippen molar-refractivity contribution in [2.45, 2.75) is 6.36 Å². The summed E-state index contributed by atoms with van der Waals surface area (Å²) in [5.41, 5.74) is 0.0593. The van der Waals surface area contributed by atoms with E-state index in [0.717, 1.165) is 6.07 Å². The molecule has 0 amide bonds. The van der Waals surface area contributed by atoms with Crippen LogP contribution >= 0.6 is 0 Å². The fraction of sp³-hybridized carbons (Fsp3) is 0.0833. The fourth-order valence-electron chi connectivity index (χ4n) is 1.67. The Bertz CT molecular complexity index is 604. The number of aromatic carboxylic acids is 1. The summed E-state index contributed by atoms with van der Waals surface area (Å²) >= 11 is 0. The molecule has 2 rings (SSSR count). The zero-order chi connectivity index (χ0) is 14.0. The van der Waals surface area contributed by atoms with E-state index in [9.17, 15) is 18.0 Å². The first kappa shape index (κ1) is 13.0. The second-order valence-corrected chi connectivity index (χ2v) is 3.63. The van der Waals surface area contributed by atoms with Crippen molar-refractivity contribution < 1.29 is 27.8 Å². The number of rotatable bonds is 3. The molecule has 2 N–H and O–H groups in total. The average Bonchev–Trinajstić information content (AvgIpc) is 2.76. The summed E-state index contributed by atoms with van der Waals surface area (Å²) in [6.45, 7) is 0. The van der Waals surface area contributed by atoms with Gasteiger partial charge in [-0.1, -0.05) is 18.2 Å². The Hall–Kier alpha value is -2.44.